The molecule has 0 radical (unpaired) electrons. The summed E-state index contributed by atoms with van der Waals surface area (Å²) in [5.41, 5.74) is -4.47. The van der Waals surface area contributed by atoms with Crippen LogP contribution in [0.4, 0.5) is 13.2 Å². The summed E-state index contributed by atoms with van der Waals surface area (Å²) in [4.78, 5) is 57.8. The molecule has 11 atom stereocenters. The van der Waals surface area contributed by atoms with Gasteiger partial charge in [-0.15, -0.1) is 0 Å². The molecule has 0 spiro atoms. The topological polar surface area (TPSA) is 303 Å². The molecule has 4 rings (SSSR count). The zero-order chi connectivity index (χ0) is 38.3. The van der Waals surface area contributed by atoms with E-state index in [0.29, 0.717) is 4.57 Å². The number of aliphatic hydroxyl groups is 5. The molecule has 20 nitrogen and oxygen atoms in total. The summed E-state index contributed by atoms with van der Waals surface area (Å²) in [6.45, 7) is -0.155. The number of H-pyrrole nitrogens is 1. The van der Waals surface area contributed by atoms with Gasteiger partial charge in [-0.25, -0.2) is 18.7 Å². The summed E-state index contributed by atoms with van der Waals surface area (Å²) in [6.07, 6.45) is -21.3. The van der Waals surface area contributed by atoms with Crippen LogP contribution < -0.4 is 11.2 Å². The van der Waals surface area contributed by atoms with E-state index < -0.39 is 113 Å². The number of hydrogen-bond donors (Lipinski definition) is 8. The maximum Gasteiger partial charge on any atom is 0.483 e. The maximum absolute atomic E-state index is 13.3. The second kappa shape index (κ2) is 15.2. The number of aliphatic hydroxyl groups excluding tert-OH is 5. The minimum atomic E-state index is -5.80. The van der Waals surface area contributed by atoms with Gasteiger partial charge in [0.25, 0.3) is 5.56 Å². The fourth-order valence-corrected chi connectivity index (χ4v) is 6.92. The number of ether oxygens (including phenoxy) is 3. The molecular weight excluding hydrogens is 747 g/mol. The number of rotatable bonds is 12. The fourth-order valence-electron chi connectivity index (χ4n) is 4.77. The van der Waals surface area contributed by atoms with E-state index in [1.807, 2.05) is 4.98 Å². The monoisotopic (exact) mass is 780 g/mol. The fraction of sp³-hybridized carbons (Fsp3) is 0.577. The number of hydrogen-bond acceptors (Lipinski definition) is 16. The summed E-state index contributed by atoms with van der Waals surface area (Å²) in [6, 6.07) is 5.06. The van der Waals surface area contributed by atoms with Crippen molar-refractivity contribution >= 4 is 21.6 Å². The van der Waals surface area contributed by atoms with Crippen LogP contribution in [0.3, 0.4) is 0 Å². The molecule has 0 bridgehead atoms. The van der Waals surface area contributed by atoms with Crippen LogP contribution in [0.5, 0.6) is 0 Å². The molecule has 25 heteroatoms. The molecule has 9 unspecified atom stereocenters. The highest BCUT2D eigenvalue weighted by Crippen LogP contribution is 2.61. The average Bonchev–Trinajstić information content (AvgIpc) is 3.31. The van der Waals surface area contributed by atoms with Crippen LogP contribution in [-0.2, 0) is 42.1 Å². The van der Waals surface area contributed by atoms with Gasteiger partial charge < -0.3 is 49.5 Å². The van der Waals surface area contributed by atoms with Crippen LogP contribution in [0.25, 0.3) is 0 Å². The predicted molar refractivity (Wildman–Crippen MR) is 158 cm³/mol. The number of aromatic amines is 1. The Bertz CT molecular complexity index is 1770. The molecule has 286 valence electrons. The highest BCUT2D eigenvalue weighted by molar-refractivity contribution is 7.61. The minimum Gasteiger partial charge on any atom is -0.459 e. The first-order valence-corrected chi connectivity index (χ1v) is 17.5. The SMILES string of the molecule is CC(C)(c1ccc(C(=O)OCC2O[C@@H](OP(=O)(O)OP(=O)(O)OCC3OC(n4ccc(=O)[nH]c4=O)C(O)C3O)C(O)C(O)[C@H]2O)cc1)C(F)(F)F. The summed E-state index contributed by atoms with van der Waals surface area (Å²) < 4.78 is 94.3. The number of carbonyl (C=O) groups is 1. The zero-order valence-corrected chi connectivity index (χ0v) is 28.0. The summed E-state index contributed by atoms with van der Waals surface area (Å²) in [7, 11) is -11.4. The van der Waals surface area contributed by atoms with Crippen LogP contribution in [0.2, 0.25) is 0 Å². The highest BCUT2D eigenvalue weighted by Gasteiger charge is 2.51. The third kappa shape index (κ3) is 9.39. The van der Waals surface area contributed by atoms with Gasteiger partial charge in [0.1, 0.15) is 49.3 Å². The van der Waals surface area contributed by atoms with Crippen LogP contribution >= 0.6 is 15.6 Å². The summed E-state index contributed by atoms with van der Waals surface area (Å²) in [5, 5.41) is 51.3. The number of phosphoric acid groups is 2. The second-order valence-electron chi connectivity index (χ2n) is 11.8. The second-order valence-corrected chi connectivity index (χ2v) is 14.8. The molecule has 2 aromatic rings. The molecule has 1 aromatic carbocycles. The van der Waals surface area contributed by atoms with Gasteiger partial charge in [-0.05, 0) is 31.5 Å². The number of benzene rings is 1. The smallest absolute Gasteiger partial charge is 0.459 e. The average molecular weight is 780 g/mol. The number of alkyl halides is 3. The van der Waals surface area contributed by atoms with Gasteiger partial charge in [0.15, 0.2) is 12.5 Å². The number of halogens is 3. The Labute approximate surface area is 283 Å². The first kappa shape index (κ1) is 40.9. The molecule has 0 saturated carbocycles. The third-order valence-electron chi connectivity index (χ3n) is 7.91. The van der Waals surface area contributed by atoms with Gasteiger partial charge >= 0.3 is 33.5 Å². The minimum absolute atomic E-state index is 0.166. The van der Waals surface area contributed by atoms with Crippen molar-refractivity contribution in [3.8, 4) is 0 Å². The van der Waals surface area contributed by atoms with Crippen molar-refractivity contribution in [2.45, 2.75) is 80.7 Å². The van der Waals surface area contributed by atoms with E-state index in [2.05, 4.69) is 13.4 Å². The molecule has 8 N–H and O–H groups in total. The van der Waals surface area contributed by atoms with Gasteiger partial charge in [-0.3, -0.25) is 23.4 Å². The Morgan fingerprint density at radius 2 is 1.45 bits per heavy atom. The molecular formula is C26H33F3N2O18P2. The van der Waals surface area contributed by atoms with Crippen molar-refractivity contribution in [3.63, 3.8) is 0 Å². The Kier molecular flexibility index (Phi) is 12.2. The quantitative estimate of drug-likeness (QED) is 0.0937. The Morgan fingerprint density at radius 3 is 2.04 bits per heavy atom. The van der Waals surface area contributed by atoms with E-state index >= 15 is 0 Å². The lowest BCUT2D eigenvalue weighted by molar-refractivity contribution is -0.280. The van der Waals surface area contributed by atoms with Crippen LogP contribution in [-0.4, -0.2) is 119 Å². The van der Waals surface area contributed by atoms with Gasteiger partial charge in [0.2, 0.25) is 0 Å². The van der Waals surface area contributed by atoms with Gasteiger partial charge in [-0.1, -0.05) is 12.1 Å². The molecule has 2 saturated heterocycles. The van der Waals surface area contributed by atoms with E-state index in [0.717, 1.165) is 50.4 Å². The van der Waals surface area contributed by atoms with Crippen LogP contribution in [0, 0.1) is 0 Å². The first-order chi connectivity index (χ1) is 23.4. The Hall–Kier alpha value is -2.86. The predicted octanol–water partition coefficient (Wildman–Crippen LogP) is -1.09. The van der Waals surface area contributed by atoms with Gasteiger partial charge in [0, 0.05) is 12.3 Å². The van der Waals surface area contributed by atoms with E-state index in [1.54, 1.807) is 0 Å². The Morgan fingerprint density at radius 1 is 0.863 bits per heavy atom. The van der Waals surface area contributed by atoms with Crippen LogP contribution in [0.15, 0.2) is 46.1 Å². The molecule has 2 aliphatic heterocycles. The lowest BCUT2D eigenvalue weighted by Crippen LogP contribution is -2.59. The van der Waals surface area contributed by atoms with E-state index in [9.17, 15) is 72.0 Å². The number of phosphoric ester groups is 2. The number of carbonyl (C=O) groups excluding carboxylic acids is 1. The standard InChI is InChI=1S/C26H33F3N2O18P2/c1-25(2,26(27,28)29)12-5-3-11(4-6-12)22(38)44-9-13-16(33)18(35)20(37)23(47-13)48-51(42,43)49-50(40,41)45-10-14-17(34)19(36)21(46-14)31-8-7-15(32)30-24(31)39/h3-8,13-14,16-21,23,33-37H,9-10H2,1-2H3,(H,40,41)(H,42,43)(H,30,32,39)/t13?,14?,16-,17?,18?,19?,20?,21?,23-/m0/s1. The number of esters is 1. The maximum atomic E-state index is 13.3. The Balaban J connectivity index is 1.34. The lowest BCUT2D eigenvalue weighted by atomic mass is 9.83. The molecule has 2 fully saturated rings. The number of nitrogens with one attached hydrogen (secondary N) is 1. The van der Waals surface area contributed by atoms with Crippen molar-refractivity contribution in [2.24, 2.45) is 0 Å². The van der Waals surface area contributed by atoms with E-state index in [4.69, 9.17) is 14.2 Å². The van der Waals surface area contributed by atoms with Crippen molar-refractivity contribution in [1.82, 2.24) is 9.55 Å². The largest absolute Gasteiger partial charge is 0.483 e. The summed E-state index contributed by atoms with van der Waals surface area (Å²) >= 11 is 0. The van der Waals surface area contributed by atoms with E-state index in [1.165, 1.54) is 0 Å². The molecule has 1 aromatic heterocycles. The van der Waals surface area contributed by atoms with Crippen molar-refractivity contribution < 1.29 is 90.0 Å². The number of aromatic nitrogens is 2. The first-order valence-electron chi connectivity index (χ1n) is 14.5. The van der Waals surface area contributed by atoms with Crippen molar-refractivity contribution in [1.29, 1.82) is 0 Å². The summed E-state index contributed by atoms with van der Waals surface area (Å²) in [5.74, 6) is -1.13. The lowest BCUT2D eigenvalue weighted by Gasteiger charge is -2.40. The third-order valence-corrected chi connectivity index (χ3v) is 10.5. The van der Waals surface area contributed by atoms with Crippen LogP contribution in [0.1, 0.15) is 36.0 Å². The van der Waals surface area contributed by atoms with Crippen molar-refractivity contribution in [3.05, 3.63) is 68.5 Å². The molecule has 51 heavy (non-hydrogen) atoms. The zero-order valence-electron chi connectivity index (χ0n) is 26.2. The molecule has 3 heterocycles. The number of nitrogens with zero attached hydrogens (tertiary/aromatic N) is 1. The van der Waals surface area contributed by atoms with Crippen molar-refractivity contribution in [2.75, 3.05) is 13.2 Å². The van der Waals surface area contributed by atoms with Gasteiger partial charge in [0.05, 0.1) is 17.6 Å². The molecule has 2 aliphatic rings. The molecule has 0 aliphatic carbocycles. The normalized spacial score (nSPS) is 31.1. The molecule has 0 amide bonds. The van der Waals surface area contributed by atoms with E-state index in [-0.39, 0.29) is 11.1 Å². The van der Waals surface area contributed by atoms with Gasteiger partial charge in [-0.2, -0.15) is 17.5 Å². The highest BCUT2D eigenvalue weighted by atomic mass is 31.3.